The number of aliphatic hydroxyl groups is 2. The largest absolute Gasteiger partial charge is 0.393 e. The SMILES string of the molecule is CO[C@@H]1C=C(C)[C@](O)(CO)[C@]2(C)CCCC(C)(C)[C@H]12. The van der Waals surface area contributed by atoms with Gasteiger partial charge in [-0.05, 0) is 30.8 Å². The average Bonchev–Trinajstić information content (AvgIpc) is 2.33. The van der Waals surface area contributed by atoms with Gasteiger partial charge >= 0.3 is 0 Å². The molecule has 110 valence electrons. The molecule has 0 aromatic carbocycles. The highest BCUT2D eigenvalue weighted by atomic mass is 16.5. The van der Waals surface area contributed by atoms with Gasteiger partial charge in [0.05, 0.1) is 12.7 Å². The maximum absolute atomic E-state index is 11.1. The molecule has 0 aromatic rings. The Balaban J connectivity index is 2.60. The van der Waals surface area contributed by atoms with Gasteiger partial charge in [0.25, 0.3) is 0 Å². The van der Waals surface area contributed by atoms with Crippen LogP contribution in [0.2, 0.25) is 0 Å². The van der Waals surface area contributed by atoms with Crippen LogP contribution in [0.15, 0.2) is 11.6 Å². The van der Waals surface area contributed by atoms with Gasteiger partial charge in [-0.25, -0.2) is 0 Å². The molecule has 1 fully saturated rings. The van der Waals surface area contributed by atoms with Gasteiger partial charge in [-0.1, -0.05) is 33.3 Å². The minimum atomic E-state index is -1.12. The minimum absolute atomic E-state index is 0.0205. The van der Waals surface area contributed by atoms with Gasteiger partial charge < -0.3 is 14.9 Å². The van der Waals surface area contributed by atoms with Crippen molar-refractivity contribution in [2.75, 3.05) is 13.7 Å². The summed E-state index contributed by atoms with van der Waals surface area (Å²) in [4.78, 5) is 0. The van der Waals surface area contributed by atoms with E-state index in [1.807, 2.05) is 13.0 Å². The van der Waals surface area contributed by atoms with E-state index in [0.29, 0.717) is 0 Å². The molecular weight excluding hydrogens is 240 g/mol. The van der Waals surface area contributed by atoms with Crippen LogP contribution in [0.25, 0.3) is 0 Å². The molecule has 2 rings (SSSR count). The van der Waals surface area contributed by atoms with Gasteiger partial charge in [0.1, 0.15) is 5.60 Å². The molecule has 19 heavy (non-hydrogen) atoms. The Morgan fingerprint density at radius 2 is 1.95 bits per heavy atom. The Bertz CT molecular complexity index is 387. The number of fused-ring (bicyclic) bond motifs is 1. The fourth-order valence-electron chi connectivity index (χ4n) is 4.80. The molecule has 3 nitrogen and oxygen atoms in total. The van der Waals surface area contributed by atoms with Crippen molar-refractivity contribution < 1.29 is 14.9 Å². The summed E-state index contributed by atoms with van der Waals surface area (Å²) < 4.78 is 5.70. The van der Waals surface area contributed by atoms with E-state index < -0.39 is 5.60 Å². The Morgan fingerprint density at radius 3 is 2.47 bits per heavy atom. The summed E-state index contributed by atoms with van der Waals surface area (Å²) in [6.45, 7) is 8.33. The summed E-state index contributed by atoms with van der Waals surface area (Å²) in [5.74, 6) is 0.222. The van der Waals surface area contributed by atoms with Gasteiger partial charge in [-0.3, -0.25) is 0 Å². The fourth-order valence-corrected chi connectivity index (χ4v) is 4.80. The van der Waals surface area contributed by atoms with E-state index in [4.69, 9.17) is 4.74 Å². The first kappa shape index (κ1) is 15.0. The number of aliphatic hydroxyl groups excluding tert-OH is 1. The summed E-state index contributed by atoms with van der Waals surface area (Å²) >= 11 is 0. The average molecular weight is 268 g/mol. The van der Waals surface area contributed by atoms with E-state index in [1.165, 1.54) is 0 Å². The van der Waals surface area contributed by atoms with Crippen LogP contribution in [0, 0.1) is 16.7 Å². The van der Waals surface area contributed by atoms with E-state index in [2.05, 4.69) is 20.8 Å². The van der Waals surface area contributed by atoms with E-state index in [0.717, 1.165) is 24.8 Å². The highest BCUT2D eigenvalue weighted by Crippen LogP contribution is 2.61. The predicted molar refractivity (Wildman–Crippen MR) is 75.8 cm³/mol. The molecule has 3 heteroatoms. The van der Waals surface area contributed by atoms with E-state index in [1.54, 1.807) is 7.11 Å². The molecule has 2 N–H and O–H groups in total. The van der Waals surface area contributed by atoms with Gasteiger partial charge in [-0.15, -0.1) is 0 Å². The second kappa shape index (κ2) is 4.57. The molecule has 1 saturated carbocycles. The van der Waals surface area contributed by atoms with Crippen LogP contribution < -0.4 is 0 Å². The van der Waals surface area contributed by atoms with Crippen molar-refractivity contribution in [3.63, 3.8) is 0 Å². The van der Waals surface area contributed by atoms with Crippen molar-refractivity contribution in [2.24, 2.45) is 16.7 Å². The first-order chi connectivity index (χ1) is 8.73. The molecule has 0 aromatic heterocycles. The third-order valence-corrected chi connectivity index (χ3v) is 5.89. The third-order valence-electron chi connectivity index (χ3n) is 5.89. The quantitative estimate of drug-likeness (QED) is 0.757. The Labute approximate surface area is 116 Å². The standard InChI is InChI=1S/C16H28O3/c1-11-9-12(19-5)13-14(2,3)7-6-8-15(13,4)16(11,18)10-17/h9,12-13,17-18H,6-8,10H2,1-5H3/t12-,13+,15-,16-/m1/s1. The lowest BCUT2D eigenvalue weighted by molar-refractivity contribution is -0.190. The first-order valence-corrected chi connectivity index (χ1v) is 7.28. The maximum Gasteiger partial charge on any atom is 0.114 e. The Kier molecular flexibility index (Phi) is 3.62. The summed E-state index contributed by atoms with van der Waals surface area (Å²) in [5.41, 5.74) is -0.500. The third kappa shape index (κ3) is 1.90. The van der Waals surface area contributed by atoms with Crippen LogP contribution in [-0.2, 0) is 4.74 Å². The zero-order valence-corrected chi connectivity index (χ0v) is 12.9. The van der Waals surface area contributed by atoms with E-state index >= 15 is 0 Å². The second-order valence-electron chi connectivity index (χ2n) is 7.31. The lowest BCUT2D eigenvalue weighted by Crippen LogP contribution is -2.64. The predicted octanol–water partition coefficient (Wildman–Crippen LogP) is 2.52. The van der Waals surface area contributed by atoms with Crippen molar-refractivity contribution in [3.8, 4) is 0 Å². The Hall–Kier alpha value is -0.380. The zero-order chi connectivity index (χ0) is 14.5. The minimum Gasteiger partial charge on any atom is -0.393 e. The molecule has 0 bridgehead atoms. The van der Waals surface area contributed by atoms with Crippen molar-refractivity contribution >= 4 is 0 Å². The first-order valence-electron chi connectivity index (χ1n) is 7.28. The van der Waals surface area contributed by atoms with Crippen molar-refractivity contribution in [1.82, 2.24) is 0 Å². The van der Waals surface area contributed by atoms with Crippen LogP contribution in [0.3, 0.4) is 0 Å². The lowest BCUT2D eigenvalue weighted by Gasteiger charge is -2.61. The maximum atomic E-state index is 11.1. The molecule has 2 aliphatic carbocycles. The van der Waals surface area contributed by atoms with Crippen molar-refractivity contribution in [2.45, 2.75) is 58.7 Å². The van der Waals surface area contributed by atoms with Crippen LogP contribution in [0.1, 0.15) is 47.0 Å². The van der Waals surface area contributed by atoms with Crippen LogP contribution in [-0.4, -0.2) is 35.6 Å². The van der Waals surface area contributed by atoms with E-state index in [-0.39, 0.29) is 29.5 Å². The molecular formula is C16H28O3. The zero-order valence-electron chi connectivity index (χ0n) is 12.9. The summed E-state index contributed by atoms with van der Waals surface area (Å²) in [6.07, 6.45) is 5.19. The fraction of sp³-hybridized carbons (Fsp3) is 0.875. The molecule has 0 heterocycles. The number of ether oxygens (including phenoxy) is 1. The number of hydrogen-bond acceptors (Lipinski definition) is 3. The molecule has 0 saturated heterocycles. The van der Waals surface area contributed by atoms with Crippen LogP contribution >= 0.6 is 0 Å². The highest BCUT2D eigenvalue weighted by molar-refractivity contribution is 5.30. The highest BCUT2D eigenvalue weighted by Gasteiger charge is 2.62. The van der Waals surface area contributed by atoms with Gasteiger partial charge in [-0.2, -0.15) is 0 Å². The van der Waals surface area contributed by atoms with Gasteiger partial charge in [0, 0.05) is 18.4 Å². The van der Waals surface area contributed by atoms with Crippen molar-refractivity contribution in [1.29, 1.82) is 0 Å². The summed E-state index contributed by atoms with van der Waals surface area (Å²) in [7, 11) is 1.74. The normalized spacial score (nSPS) is 45.5. The van der Waals surface area contributed by atoms with Crippen LogP contribution in [0.4, 0.5) is 0 Å². The van der Waals surface area contributed by atoms with E-state index in [9.17, 15) is 10.2 Å². The molecule has 0 radical (unpaired) electrons. The Morgan fingerprint density at radius 1 is 1.32 bits per heavy atom. The van der Waals surface area contributed by atoms with Crippen LogP contribution in [0.5, 0.6) is 0 Å². The second-order valence-corrected chi connectivity index (χ2v) is 7.31. The van der Waals surface area contributed by atoms with Gasteiger partial charge in [0.2, 0.25) is 0 Å². The lowest BCUT2D eigenvalue weighted by atomic mass is 9.46. The number of methoxy groups -OCH3 is 1. The van der Waals surface area contributed by atoms with Crippen molar-refractivity contribution in [3.05, 3.63) is 11.6 Å². The van der Waals surface area contributed by atoms with Gasteiger partial charge in [0.15, 0.2) is 0 Å². The molecule has 2 aliphatic rings. The molecule has 0 spiro atoms. The molecule has 0 aliphatic heterocycles. The number of rotatable bonds is 2. The number of hydrogen-bond donors (Lipinski definition) is 2. The molecule has 4 atom stereocenters. The monoisotopic (exact) mass is 268 g/mol. The molecule has 0 unspecified atom stereocenters. The summed E-state index contributed by atoms with van der Waals surface area (Å²) in [5, 5.41) is 20.9. The summed E-state index contributed by atoms with van der Waals surface area (Å²) in [6, 6.07) is 0. The molecule has 0 amide bonds. The smallest absolute Gasteiger partial charge is 0.114 e. The topological polar surface area (TPSA) is 49.7 Å².